The second-order valence-corrected chi connectivity index (χ2v) is 13.0. The fourth-order valence-electron chi connectivity index (χ4n) is 7.56. The van der Waals surface area contributed by atoms with Crippen LogP contribution in [0.15, 0.2) is 51.8 Å². The summed E-state index contributed by atoms with van der Waals surface area (Å²) in [6.45, 7) is 5.25. The van der Waals surface area contributed by atoms with Crippen LogP contribution in [0.25, 0.3) is 44.0 Å². The van der Waals surface area contributed by atoms with Gasteiger partial charge in [0.05, 0.1) is 16.6 Å². The van der Waals surface area contributed by atoms with Gasteiger partial charge in [-0.05, 0) is 74.5 Å². The standard InChI is InChI=1S/C37H32F2N6O4/c1-4-25-28(39)9-7-21-12-24(46)13-27(29(21)25)32-20(3)31-30(35(47)49-32)34(41-16-22-15-40-33-26(22)8-6-19(2)42-33)44-36(43-31)48-18-37-10-5-11-45(37)17-23(38)14-37/h1,6-9,12-13,15,23,46H,5,10-11,14,16-18H2,2-3H3,(H,40,42)(H,41,43,44)/t23-,37+/m1/s1. The van der Waals surface area contributed by atoms with Crippen molar-refractivity contribution in [1.82, 2.24) is 24.8 Å². The number of aromatic amines is 1. The second kappa shape index (κ2) is 11.6. The average molecular weight is 663 g/mol. The first kappa shape index (κ1) is 30.8. The third kappa shape index (κ3) is 5.12. The van der Waals surface area contributed by atoms with Crippen LogP contribution < -0.4 is 15.7 Å². The van der Waals surface area contributed by atoms with Crippen LogP contribution in [-0.4, -0.2) is 61.3 Å². The van der Waals surface area contributed by atoms with Crippen molar-refractivity contribution >= 4 is 38.5 Å². The maximum atomic E-state index is 14.9. The number of fused-ring (bicyclic) bond motifs is 4. The van der Waals surface area contributed by atoms with Gasteiger partial charge in [0.15, 0.2) is 0 Å². The molecular formula is C37H32F2N6O4. The topological polar surface area (TPSA) is 129 Å². The molecule has 0 amide bonds. The molecule has 0 bridgehead atoms. The summed E-state index contributed by atoms with van der Waals surface area (Å²) < 4.78 is 41.7. The van der Waals surface area contributed by atoms with E-state index in [0.29, 0.717) is 29.3 Å². The fraction of sp³-hybridized carbons (Fsp3) is 0.297. The van der Waals surface area contributed by atoms with Crippen LogP contribution in [0.2, 0.25) is 0 Å². The Morgan fingerprint density at radius 1 is 1.20 bits per heavy atom. The first-order chi connectivity index (χ1) is 23.6. The van der Waals surface area contributed by atoms with E-state index in [9.17, 15) is 18.7 Å². The molecule has 0 saturated carbocycles. The summed E-state index contributed by atoms with van der Waals surface area (Å²) in [5, 5.41) is 15.7. The maximum Gasteiger partial charge on any atom is 0.349 e. The zero-order valence-corrected chi connectivity index (χ0v) is 26.9. The molecule has 3 N–H and O–H groups in total. The number of aromatic hydroxyl groups is 1. The van der Waals surface area contributed by atoms with Gasteiger partial charge in [-0.1, -0.05) is 12.0 Å². The van der Waals surface area contributed by atoms with E-state index in [0.717, 1.165) is 41.7 Å². The lowest BCUT2D eigenvalue weighted by molar-refractivity contribution is 0.107. The fourth-order valence-corrected chi connectivity index (χ4v) is 7.56. The molecule has 248 valence electrons. The van der Waals surface area contributed by atoms with Gasteiger partial charge < -0.3 is 24.6 Å². The van der Waals surface area contributed by atoms with Crippen molar-refractivity contribution in [2.24, 2.45) is 0 Å². The SMILES string of the molecule is C#Cc1c(F)ccc2cc(O)cc(-c3oc(=O)c4c(NCc5c[nH]c6nc(C)ccc56)nc(OC[C@@]56CCCN5C[C@H](F)C6)nc4c3C)c12. The third-order valence-corrected chi connectivity index (χ3v) is 9.86. The highest BCUT2D eigenvalue weighted by Crippen LogP contribution is 2.41. The van der Waals surface area contributed by atoms with E-state index in [1.54, 1.807) is 6.92 Å². The minimum absolute atomic E-state index is 0.00512. The quantitative estimate of drug-likeness (QED) is 0.169. The molecule has 2 saturated heterocycles. The number of aryl methyl sites for hydroxylation is 2. The predicted octanol–water partition coefficient (Wildman–Crippen LogP) is 6.29. The molecule has 6 aromatic rings. The molecule has 0 radical (unpaired) electrons. The number of hydrogen-bond acceptors (Lipinski definition) is 9. The number of H-pyrrole nitrogens is 1. The van der Waals surface area contributed by atoms with Gasteiger partial charge in [-0.3, -0.25) is 4.90 Å². The molecule has 2 aromatic carbocycles. The minimum Gasteiger partial charge on any atom is -0.508 e. The number of pyridine rings is 1. The monoisotopic (exact) mass is 662 g/mol. The Morgan fingerprint density at radius 2 is 2.06 bits per heavy atom. The van der Waals surface area contributed by atoms with Gasteiger partial charge in [0.2, 0.25) is 0 Å². The summed E-state index contributed by atoms with van der Waals surface area (Å²) in [6.07, 6.45) is 8.74. The number of halogens is 2. The van der Waals surface area contributed by atoms with Gasteiger partial charge in [-0.2, -0.15) is 9.97 Å². The van der Waals surface area contributed by atoms with Crippen LogP contribution in [0.5, 0.6) is 11.8 Å². The lowest BCUT2D eigenvalue weighted by atomic mass is 9.95. The Balaban J connectivity index is 1.27. The van der Waals surface area contributed by atoms with Crippen LogP contribution in [0.1, 0.15) is 41.6 Å². The molecule has 4 aromatic heterocycles. The zero-order valence-electron chi connectivity index (χ0n) is 26.9. The van der Waals surface area contributed by atoms with Gasteiger partial charge in [0.25, 0.3) is 0 Å². The summed E-state index contributed by atoms with van der Waals surface area (Å²) >= 11 is 0. The summed E-state index contributed by atoms with van der Waals surface area (Å²) in [7, 11) is 0. The average Bonchev–Trinajstić information content (AvgIpc) is 3.75. The molecule has 0 unspecified atom stereocenters. The Kier molecular flexibility index (Phi) is 7.26. The smallest absolute Gasteiger partial charge is 0.349 e. The zero-order chi connectivity index (χ0) is 34.0. The molecule has 12 heteroatoms. The number of aromatic nitrogens is 4. The largest absolute Gasteiger partial charge is 0.508 e. The number of phenolic OH excluding ortho intramolecular Hbond substituents is 1. The number of nitrogens with zero attached hydrogens (tertiary/aromatic N) is 4. The number of benzene rings is 2. The molecular weight excluding hydrogens is 630 g/mol. The van der Waals surface area contributed by atoms with Gasteiger partial charge in [0.1, 0.15) is 47.0 Å². The first-order valence-corrected chi connectivity index (χ1v) is 16.1. The van der Waals surface area contributed by atoms with Crippen molar-refractivity contribution in [2.75, 3.05) is 25.0 Å². The van der Waals surface area contributed by atoms with Gasteiger partial charge in [-0.25, -0.2) is 18.6 Å². The van der Waals surface area contributed by atoms with Gasteiger partial charge in [0, 0.05) is 53.3 Å². The molecule has 0 aliphatic carbocycles. The predicted molar refractivity (Wildman–Crippen MR) is 182 cm³/mol. The normalized spacial score (nSPS) is 19.1. The molecule has 2 fully saturated rings. The van der Waals surface area contributed by atoms with Crippen molar-refractivity contribution in [3.63, 3.8) is 0 Å². The number of phenols is 1. The molecule has 2 aliphatic rings. The van der Waals surface area contributed by atoms with E-state index >= 15 is 0 Å². The Morgan fingerprint density at radius 3 is 2.90 bits per heavy atom. The highest BCUT2D eigenvalue weighted by Gasteiger charge is 2.49. The summed E-state index contributed by atoms with van der Waals surface area (Å²) in [4.78, 5) is 33.1. The highest BCUT2D eigenvalue weighted by molar-refractivity contribution is 6.03. The highest BCUT2D eigenvalue weighted by atomic mass is 19.1. The van der Waals surface area contributed by atoms with E-state index in [-0.39, 0.29) is 58.5 Å². The van der Waals surface area contributed by atoms with E-state index < -0.39 is 23.2 Å². The van der Waals surface area contributed by atoms with E-state index in [1.165, 1.54) is 24.3 Å². The van der Waals surface area contributed by atoms with Gasteiger partial charge in [-0.15, -0.1) is 6.42 Å². The van der Waals surface area contributed by atoms with Crippen molar-refractivity contribution in [1.29, 1.82) is 0 Å². The number of alkyl halides is 1. The number of nitrogens with one attached hydrogen (secondary N) is 2. The number of ether oxygens (including phenoxy) is 1. The van der Waals surface area contributed by atoms with Crippen molar-refractivity contribution in [3.8, 4) is 35.4 Å². The Labute approximate surface area is 279 Å². The van der Waals surface area contributed by atoms with Crippen LogP contribution in [0.4, 0.5) is 14.6 Å². The second-order valence-electron chi connectivity index (χ2n) is 13.0. The van der Waals surface area contributed by atoms with Crippen LogP contribution in [-0.2, 0) is 6.54 Å². The number of terminal acetylenes is 1. The Bertz CT molecular complexity index is 2420. The van der Waals surface area contributed by atoms with E-state index in [2.05, 4.69) is 31.1 Å². The van der Waals surface area contributed by atoms with Crippen molar-refractivity contribution in [2.45, 2.75) is 51.4 Å². The van der Waals surface area contributed by atoms with Crippen LogP contribution in [0.3, 0.4) is 0 Å². The minimum atomic E-state index is -0.933. The first-order valence-electron chi connectivity index (χ1n) is 16.1. The van der Waals surface area contributed by atoms with E-state index in [1.807, 2.05) is 25.3 Å². The van der Waals surface area contributed by atoms with E-state index in [4.69, 9.17) is 20.6 Å². The molecule has 10 nitrogen and oxygen atoms in total. The lowest BCUT2D eigenvalue weighted by Crippen LogP contribution is -2.43. The molecule has 8 rings (SSSR count). The summed E-state index contributed by atoms with van der Waals surface area (Å²) in [5.41, 5.74) is 2.15. The molecule has 2 atom stereocenters. The van der Waals surface area contributed by atoms with Crippen LogP contribution in [0, 0.1) is 32.0 Å². The van der Waals surface area contributed by atoms with Crippen molar-refractivity contribution < 1.29 is 23.0 Å². The maximum absolute atomic E-state index is 14.9. The molecule has 49 heavy (non-hydrogen) atoms. The summed E-state index contributed by atoms with van der Waals surface area (Å²) in [5.74, 6) is 1.89. The number of rotatable bonds is 7. The molecule has 6 heterocycles. The molecule has 2 aliphatic heterocycles. The number of hydrogen-bond donors (Lipinski definition) is 3. The molecule has 0 spiro atoms. The number of anilines is 1. The van der Waals surface area contributed by atoms with Crippen LogP contribution >= 0.6 is 0 Å². The van der Waals surface area contributed by atoms with Crippen molar-refractivity contribution in [3.05, 3.63) is 81.2 Å². The lowest BCUT2D eigenvalue weighted by Gasteiger charge is -2.30. The third-order valence-electron chi connectivity index (χ3n) is 9.86. The van der Waals surface area contributed by atoms with Gasteiger partial charge >= 0.3 is 11.6 Å². The summed E-state index contributed by atoms with van der Waals surface area (Å²) in [6, 6.07) is 9.47. The Hall–Kier alpha value is -5.54.